The lowest BCUT2D eigenvalue weighted by atomic mass is 10.0. The molecule has 6 heteroatoms. The number of likely N-dealkylation sites (tertiary alicyclic amines) is 1. The number of thiol groups is 1. The van der Waals surface area contributed by atoms with Crippen molar-refractivity contribution >= 4 is 22.7 Å². The van der Waals surface area contributed by atoms with Crippen LogP contribution in [0.1, 0.15) is 26.2 Å². The summed E-state index contributed by atoms with van der Waals surface area (Å²) in [7, 11) is -3.40. The first-order valence-corrected chi connectivity index (χ1v) is 7.73. The predicted octanol–water partition coefficient (Wildman–Crippen LogP) is 1.20. The smallest absolute Gasteiger partial charge is 0.195 e. The second-order valence-electron chi connectivity index (χ2n) is 4.25. The molecular weight excluding hydrogens is 234 g/mol. The number of nitrogens with zero attached hydrogens (tertiary/aromatic N) is 1. The summed E-state index contributed by atoms with van der Waals surface area (Å²) in [4.78, 5) is 0. The topological polar surface area (TPSA) is 43.4 Å². The van der Waals surface area contributed by atoms with Gasteiger partial charge in [0.05, 0.1) is 6.26 Å². The average Bonchev–Trinajstić information content (AvgIpc) is 2.08. The van der Waals surface area contributed by atoms with E-state index in [4.69, 9.17) is 4.28 Å². The number of hydrogen-bond acceptors (Lipinski definition) is 4. The zero-order chi connectivity index (χ0) is 11.5. The molecule has 1 aliphatic heterocycles. The van der Waals surface area contributed by atoms with Gasteiger partial charge in [0, 0.05) is 12.2 Å². The van der Waals surface area contributed by atoms with Gasteiger partial charge in [-0.25, -0.2) is 0 Å². The molecule has 0 amide bonds. The van der Waals surface area contributed by atoms with Gasteiger partial charge in [-0.3, -0.25) is 0 Å². The van der Waals surface area contributed by atoms with E-state index in [0.29, 0.717) is 12.3 Å². The molecule has 1 fully saturated rings. The highest BCUT2D eigenvalue weighted by Gasteiger charge is 2.41. The van der Waals surface area contributed by atoms with Crippen LogP contribution in [0.4, 0.5) is 0 Å². The molecule has 0 radical (unpaired) electrons. The zero-order valence-electron chi connectivity index (χ0n) is 9.35. The molecule has 2 unspecified atom stereocenters. The van der Waals surface area contributed by atoms with E-state index in [2.05, 4.69) is 12.6 Å². The summed E-state index contributed by atoms with van der Waals surface area (Å²) in [5.74, 6) is 0.639. The number of piperidine rings is 1. The van der Waals surface area contributed by atoms with Crippen LogP contribution in [-0.4, -0.2) is 44.2 Å². The quantitative estimate of drug-likeness (QED) is 0.605. The Hall–Kier alpha value is 0.220. The van der Waals surface area contributed by atoms with E-state index < -0.39 is 10.1 Å². The van der Waals surface area contributed by atoms with Crippen LogP contribution in [-0.2, 0) is 14.4 Å². The van der Waals surface area contributed by atoms with Crippen molar-refractivity contribution in [3.63, 3.8) is 0 Å². The van der Waals surface area contributed by atoms with Gasteiger partial charge in [0.25, 0.3) is 0 Å². The van der Waals surface area contributed by atoms with E-state index in [1.165, 1.54) is 0 Å². The zero-order valence-corrected chi connectivity index (χ0v) is 11.1. The lowest BCUT2D eigenvalue weighted by Crippen LogP contribution is -2.58. The summed E-state index contributed by atoms with van der Waals surface area (Å²) in [5.41, 5.74) is 0. The van der Waals surface area contributed by atoms with Crippen LogP contribution in [0, 0.1) is 0 Å². The second-order valence-corrected chi connectivity index (χ2v) is 6.25. The summed E-state index contributed by atoms with van der Waals surface area (Å²) in [6, 6.07) is 0.237. The maximum Gasteiger partial charge on any atom is 0.311 e. The fraction of sp³-hybridized carbons (Fsp3) is 1.00. The Balaban J connectivity index is 2.85. The van der Waals surface area contributed by atoms with Crippen LogP contribution in [0.2, 0.25) is 0 Å². The van der Waals surface area contributed by atoms with Crippen molar-refractivity contribution in [2.45, 2.75) is 32.2 Å². The Morgan fingerprint density at radius 2 is 2.13 bits per heavy atom. The Morgan fingerprint density at radius 3 is 2.60 bits per heavy atom. The van der Waals surface area contributed by atoms with Gasteiger partial charge in [0.2, 0.25) is 0 Å². The highest BCUT2D eigenvalue weighted by atomic mass is 32.2. The van der Waals surface area contributed by atoms with Crippen molar-refractivity contribution in [2.24, 2.45) is 0 Å². The molecule has 0 N–H and O–H groups in total. The third kappa shape index (κ3) is 3.62. The fourth-order valence-electron chi connectivity index (χ4n) is 2.19. The van der Waals surface area contributed by atoms with Gasteiger partial charge in [-0.05, 0) is 19.8 Å². The summed E-state index contributed by atoms with van der Waals surface area (Å²) >= 11 is 4.18. The standard InChI is InChI=1S/C9H19NO3S2/c1-9-5-3-4-6-10(9,7-8-14)13-15(2,11)12/h9H,3-8H2,1-2H3/p+1. The lowest BCUT2D eigenvalue weighted by Gasteiger charge is -2.41. The molecule has 0 spiro atoms. The largest absolute Gasteiger partial charge is 0.311 e. The van der Waals surface area contributed by atoms with E-state index in [-0.39, 0.29) is 10.7 Å². The number of hydrogen-bond donors (Lipinski definition) is 1. The normalized spacial score (nSPS) is 32.9. The fourth-order valence-corrected chi connectivity index (χ4v) is 3.37. The van der Waals surface area contributed by atoms with Crippen molar-refractivity contribution < 1.29 is 17.3 Å². The van der Waals surface area contributed by atoms with Gasteiger partial charge < -0.3 is 0 Å². The minimum Gasteiger partial charge on any atom is -0.195 e. The van der Waals surface area contributed by atoms with Gasteiger partial charge >= 0.3 is 10.1 Å². The number of quaternary nitrogens is 1. The first-order chi connectivity index (χ1) is 6.90. The molecule has 0 aromatic rings. The number of hydroxylamine groups is 3. The van der Waals surface area contributed by atoms with Crippen LogP contribution in [0.5, 0.6) is 0 Å². The van der Waals surface area contributed by atoms with Gasteiger partial charge in [0.1, 0.15) is 19.1 Å². The molecule has 0 saturated carbocycles. The first-order valence-electron chi connectivity index (χ1n) is 5.28. The van der Waals surface area contributed by atoms with Crippen molar-refractivity contribution in [3.8, 4) is 0 Å². The van der Waals surface area contributed by atoms with Crippen LogP contribution < -0.4 is 0 Å². The Bertz CT molecular complexity index is 300. The molecule has 1 aliphatic rings. The van der Waals surface area contributed by atoms with E-state index in [0.717, 1.165) is 32.1 Å². The molecule has 15 heavy (non-hydrogen) atoms. The minimum absolute atomic E-state index is 0.225. The summed E-state index contributed by atoms with van der Waals surface area (Å²) in [5, 5.41) is 0. The Kier molecular flexibility index (Phi) is 4.46. The van der Waals surface area contributed by atoms with Crippen molar-refractivity contribution in [3.05, 3.63) is 0 Å². The molecule has 90 valence electrons. The van der Waals surface area contributed by atoms with Crippen LogP contribution in [0.25, 0.3) is 0 Å². The Morgan fingerprint density at radius 1 is 1.47 bits per heavy atom. The molecule has 0 aromatic carbocycles. The molecular formula is C9H20NO3S2+. The van der Waals surface area contributed by atoms with Gasteiger partial charge in [0.15, 0.2) is 0 Å². The maximum absolute atomic E-state index is 11.3. The van der Waals surface area contributed by atoms with Crippen LogP contribution in [0.3, 0.4) is 0 Å². The van der Waals surface area contributed by atoms with E-state index in [1.807, 2.05) is 6.92 Å². The third-order valence-electron chi connectivity index (χ3n) is 2.97. The highest BCUT2D eigenvalue weighted by molar-refractivity contribution is 7.85. The third-order valence-corrected chi connectivity index (χ3v) is 3.74. The van der Waals surface area contributed by atoms with Gasteiger partial charge in [-0.2, -0.15) is 25.7 Å². The van der Waals surface area contributed by atoms with Gasteiger partial charge in [-0.1, -0.05) is 4.28 Å². The molecule has 0 bridgehead atoms. The average molecular weight is 254 g/mol. The molecule has 1 saturated heterocycles. The van der Waals surface area contributed by atoms with E-state index >= 15 is 0 Å². The molecule has 0 aromatic heterocycles. The SMILES string of the molecule is CC1CCCC[N+]1(CCS)OS(C)(=O)=O. The lowest BCUT2D eigenvalue weighted by molar-refractivity contribution is -1.10. The monoisotopic (exact) mass is 254 g/mol. The number of rotatable bonds is 4. The van der Waals surface area contributed by atoms with Crippen molar-refractivity contribution in [2.75, 3.05) is 25.1 Å². The summed E-state index contributed by atoms with van der Waals surface area (Å²) in [6.07, 6.45) is 4.31. The van der Waals surface area contributed by atoms with Crippen molar-refractivity contribution in [1.82, 2.24) is 0 Å². The summed E-state index contributed by atoms with van der Waals surface area (Å²) < 4.78 is 28.0. The molecule has 1 rings (SSSR count). The van der Waals surface area contributed by atoms with E-state index in [9.17, 15) is 8.42 Å². The van der Waals surface area contributed by atoms with Gasteiger partial charge in [-0.15, -0.1) is 0 Å². The van der Waals surface area contributed by atoms with Crippen LogP contribution >= 0.6 is 12.6 Å². The summed E-state index contributed by atoms with van der Waals surface area (Å²) in [6.45, 7) is 3.47. The predicted molar refractivity (Wildman–Crippen MR) is 63.1 cm³/mol. The molecule has 4 nitrogen and oxygen atoms in total. The molecule has 2 atom stereocenters. The second kappa shape index (κ2) is 5.03. The van der Waals surface area contributed by atoms with Crippen molar-refractivity contribution in [1.29, 1.82) is 0 Å². The Labute approximate surface area is 97.7 Å². The maximum atomic E-state index is 11.3. The molecule has 0 aliphatic carbocycles. The van der Waals surface area contributed by atoms with Crippen LogP contribution in [0.15, 0.2) is 0 Å². The highest BCUT2D eigenvalue weighted by Crippen LogP contribution is 2.27. The van der Waals surface area contributed by atoms with E-state index in [1.54, 1.807) is 0 Å². The minimum atomic E-state index is -3.40. The molecule has 1 heterocycles. The first kappa shape index (κ1) is 13.3.